The third-order valence-corrected chi connectivity index (χ3v) is 4.26. The molecule has 2 nitrogen and oxygen atoms in total. The predicted octanol–water partition coefficient (Wildman–Crippen LogP) is 6.66. The van der Waals surface area contributed by atoms with Gasteiger partial charge in [-0.3, -0.25) is 9.98 Å². The van der Waals surface area contributed by atoms with Gasteiger partial charge < -0.3 is 0 Å². The first-order valence-electron chi connectivity index (χ1n) is 8.67. The maximum absolute atomic E-state index is 4.75. The Morgan fingerprint density at radius 2 is 1.08 bits per heavy atom. The Morgan fingerprint density at radius 3 is 1.54 bits per heavy atom. The van der Waals surface area contributed by atoms with Crippen LogP contribution in [-0.4, -0.2) is 12.4 Å². The van der Waals surface area contributed by atoms with Crippen LogP contribution >= 0.6 is 0 Å². The van der Waals surface area contributed by atoms with E-state index in [1.54, 1.807) is 6.21 Å². The number of aliphatic imine (C=N–C) groups is 2. The first-order chi connectivity index (χ1) is 11.4. The molecule has 0 radical (unpaired) electrons. The van der Waals surface area contributed by atoms with Crippen LogP contribution in [0.4, 0.5) is 11.4 Å². The van der Waals surface area contributed by atoms with E-state index < -0.39 is 0 Å². The van der Waals surface area contributed by atoms with Gasteiger partial charge in [0.15, 0.2) is 0 Å². The van der Waals surface area contributed by atoms with Gasteiger partial charge in [-0.1, -0.05) is 64.1 Å². The van der Waals surface area contributed by atoms with Crippen molar-refractivity contribution in [3.05, 3.63) is 58.7 Å². The van der Waals surface area contributed by atoms with Crippen LogP contribution in [0.5, 0.6) is 0 Å². The zero-order valence-electron chi connectivity index (χ0n) is 15.7. The fourth-order valence-electron chi connectivity index (χ4n) is 2.89. The van der Waals surface area contributed by atoms with E-state index in [1.807, 2.05) is 6.21 Å². The summed E-state index contributed by atoms with van der Waals surface area (Å²) in [5.74, 6) is 0.901. The predicted molar refractivity (Wildman–Crippen MR) is 107 cm³/mol. The number of hydrogen-bond donors (Lipinski definition) is 0. The topological polar surface area (TPSA) is 24.7 Å². The molecular weight excluding hydrogens is 292 g/mol. The van der Waals surface area contributed by atoms with Gasteiger partial charge in [0.2, 0.25) is 0 Å². The van der Waals surface area contributed by atoms with Gasteiger partial charge in [0.25, 0.3) is 0 Å². The van der Waals surface area contributed by atoms with Crippen LogP contribution in [0, 0.1) is 13.8 Å². The molecule has 0 atom stereocenters. The Balaban J connectivity index is 2.34. The molecule has 0 aliphatic rings. The van der Waals surface area contributed by atoms with E-state index in [9.17, 15) is 0 Å². The van der Waals surface area contributed by atoms with Crippen LogP contribution in [0.15, 0.2) is 46.4 Å². The second-order valence-corrected chi connectivity index (χ2v) is 6.89. The van der Waals surface area contributed by atoms with E-state index in [1.165, 1.54) is 22.3 Å². The van der Waals surface area contributed by atoms with Crippen LogP contribution in [-0.2, 0) is 0 Å². The zero-order chi connectivity index (χ0) is 17.7. The molecular formula is C22H28N2. The quantitative estimate of drug-likeness (QED) is 0.551. The SMILES string of the molecule is Cc1cccc(C)c1N=CC=Nc1c(C(C)C)cccc1C(C)C. The lowest BCUT2D eigenvalue weighted by atomic mass is 9.93. The second-order valence-electron chi connectivity index (χ2n) is 6.89. The summed E-state index contributed by atoms with van der Waals surface area (Å²) in [4.78, 5) is 9.34. The molecule has 0 aromatic heterocycles. The fourth-order valence-corrected chi connectivity index (χ4v) is 2.89. The highest BCUT2D eigenvalue weighted by atomic mass is 14.8. The summed E-state index contributed by atoms with van der Waals surface area (Å²) in [7, 11) is 0. The van der Waals surface area contributed by atoms with Crippen molar-refractivity contribution in [3.8, 4) is 0 Å². The highest BCUT2D eigenvalue weighted by Crippen LogP contribution is 2.34. The van der Waals surface area contributed by atoms with Crippen LogP contribution in [0.1, 0.15) is 61.8 Å². The molecule has 0 bridgehead atoms. The highest BCUT2D eigenvalue weighted by molar-refractivity contribution is 6.17. The van der Waals surface area contributed by atoms with Crippen molar-refractivity contribution in [1.82, 2.24) is 0 Å². The van der Waals surface area contributed by atoms with Gasteiger partial charge in [-0.25, -0.2) is 0 Å². The minimum atomic E-state index is 0.450. The molecule has 0 spiro atoms. The van der Waals surface area contributed by atoms with Gasteiger partial charge >= 0.3 is 0 Å². The molecule has 0 saturated heterocycles. The molecule has 0 unspecified atom stereocenters. The van der Waals surface area contributed by atoms with Crippen molar-refractivity contribution in [2.24, 2.45) is 9.98 Å². The van der Waals surface area contributed by atoms with Gasteiger partial charge in [-0.2, -0.15) is 0 Å². The minimum Gasteiger partial charge on any atom is -0.255 e. The van der Waals surface area contributed by atoms with Crippen molar-refractivity contribution in [2.75, 3.05) is 0 Å². The summed E-state index contributed by atoms with van der Waals surface area (Å²) in [6.45, 7) is 13.0. The Kier molecular flexibility index (Phi) is 6.08. The number of para-hydroxylation sites is 2. The standard InChI is InChI=1S/C22H28N2/c1-15(2)19-11-8-12-20(16(3)4)22(19)24-14-13-23-21-17(5)9-7-10-18(21)6/h7-16H,1-6H3. The van der Waals surface area contributed by atoms with E-state index in [0.717, 1.165) is 11.4 Å². The van der Waals surface area contributed by atoms with Gasteiger partial charge in [0.1, 0.15) is 0 Å². The molecule has 2 aromatic rings. The average Bonchev–Trinajstić information content (AvgIpc) is 2.53. The van der Waals surface area contributed by atoms with Gasteiger partial charge in [0.05, 0.1) is 11.4 Å². The number of rotatable bonds is 5. The third-order valence-electron chi connectivity index (χ3n) is 4.26. The lowest BCUT2D eigenvalue weighted by molar-refractivity contribution is 0.835. The summed E-state index contributed by atoms with van der Waals surface area (Å²) >= 11 is 0. The maximum Gasteiger partial charge on any atom is 0.0699 e. The summed E-state index contributed by atoms with van der Waals surface area (Å²) in [5.41, 5.74) is 7.08. The second kappa shape index (κ2) is 8.05. The first kappa shape index (κ1) is 18.1. The molecule has 0 fully saturated rings. The Bertz CT molecular complexity index is 706. The number of aryl methyl sites for hydroxylation is 2. The third kappa shape index (κ3) is 4.19. The fraction of sp³-hybridized carbons (Fsp3) is 0.364. The summed E-state index contributed by atoms with van der Waals surface area (Å²) in [6.07, 6.45) is 3.62. The molecule has 2 aromatic carbocycles. The van der Waals surface area contributed by atoms with Crippen LogP contribution < -0.4 is 0 Å². The lowest BCUT2D eigenvalue weighted by Gasteiger charge is -2.15. The monoisotopic (exact) mass is 320 g/mol. The molecule has 0 aliphatic carbocycles. The molecule has 126 valence electrons. The Hall–Kier alpha value is -2.22. The van der Waals surface area contributed by atoms with Crippen molar-refractivity contribution in [1.29, 1.82) is 0 Å². The molecule has 2 heteroatoms. The van der Waals surface area contributed by atoms with Crippen molar-refractivity contribution in [2.45, 2.75) is 53.4 Å². The molecule has 0 heterocycles. The van der Waals surface area contributed by atoms with E-state index in [-0.39, 0.29) is 0 Å². The van der Waals surface area contributed by atoms with Crippen LogP contribution in [0.25, 0.3) is 0 Å². The molecule has 0 N–H and O–H groups in total. The number of nitrogens with zero attached hydrogens (tertiary/aromatic N) is 2. The van der Waals surface area contributed by atoms with Crippen LogP contribution in [0.3, 0.4) is 0 Å². The van der Waals surface area contributed by atoms with Gasteiger partial charge in [-0.05, 0) is 47.9 Å². The first-order valence-corrected chi connectivity index (χ1v) is 8.67. The van der Waals surface area contributed by atoms with E-state index in [2.05, 4.69) is 82.9 Å². The van der Waals surface area contributed by atoms with Gasteiger partial charge in [-0.15, -0.1) is 0 Å². The minimum absolute atomic E-state index is 0.450. The van der Waals surface area contributed by atoms with Crippen LogP contribution in [0.2, 0.25) is 0 Å². The van der Waals surface area contributed by atoms with Crippen molar-refractivity contribution < 1.29 is 0 Å². The summed E-state index contributed by atoms with van der Waals surface area (Å²) < 4.78 is 0. The summed E-state index contributed by atoms with van der Waals surface area (Å²) in [6, 6.07) is 12.7. The van der Waals surface area contributed by atoms with E-state index in [0.29, 0.717) is 11.8 Å². The largest absolute Gasteiger partial charge is 0.255 e. The molecule has 0 saturated carbocycles. The maximum atomic E-state index is 4.75. The Morgan fingerprint density at radius 1 is 0.667 bits per heavy atom. The highest BCUT2D eigenvalue weighted by Gasteiger charge is 2.12. The Labute approximate surface area is 146 Å². The molecule has 0 aliphatic heterocycles. The van der Waals surface area contributed by atoms with Crippen molar-refractivity contribution >= 4 is 23.8 Å². The molecule has 0 amide bonds. The van der Waals surface area contributed by atoms with Gasteiger partial charge in [0, 0.05) is 12.4 Å². The zero-order valence-corrected chi connectivity index (χ0v) is 15.7. The summed E-state index contributed by atoms with van der Waals surface area (Å²) in [5, 5.41) is 0. The molecule has 24 heavy (non-hydrogen) atoms. The normalized spacial score (nSPS) is 12.2. The average molecular weight is 320 g/mol. The van der Waals surface area contributed by atoms with E-state index >= 15 is 0 Å². The van der Waals surface area contributed by atoms with Crippen molar-refractivity contribution in [3.63, 3.8) is 0 Å². The smallest absolute Gasteiger partial charge is 0.0699 e. The van der Waals surface area contributed by atoms with E-state index in [4.69, 9.17) is 4.99 Å². The molecule has 2 rings (SSSR count). The lowest BCUT2D eigenvalue weighted by Crippen LogP contribution is -1.95. The number of hydrogen-bond acceptors (Lipinski definition) is 2. The number of benzene rings is 2.